The van der Waals surface area contributed by atoms with E-state index in [1.807, 2.05) is 25.8 Å². The predicted octanol–water partition coefficient (Wildman–Crippen LogP) is 0.134. The molecule has 1 amide bonds. The third-order valence-electron chi connectivity index (χ3n) is 2.47. The number of hydrogen-bond donors (Lipinski definition) is 2. The zero-order valence-electron chi connectivity index (χ0n) is 11.0. The van der Waals surface area contributed by atoms with Crippen molar-refractivity contribution < 1.29 is 9.53 Å². The summed E-state index contributed by atoms with van der Waals surface area (Å²) in [5, 5.41) is 2.85. The van der Waals surface area contributed by atoms with Crippen LogP contribution in [0.4, 0.5) is 0 Å². The molecule has 0 rings (SSSR count). The van der Waals surface area contributed by atoms with Gasteiger partial charge < -0.3 is 15.8 Å². The van der Waals surface area contributed by atoms with Gasteiger partial charge in [-0.2, -0.15) is 0 Å². The van der Waals surface area contributed by atoms with E-state index in [-0.39, 0.29) is 18.0 Å². The number of nitrogens with one attached hydrogen (secondary N) is 1. The van der Waals surface area contributed by atoms with E-state index < -0.39 is 0 Å². The van der Waals surface area contributed by atoms with Crippen LogP contribution in [0.1, 0.15) is 20.3 Å². The zero-order valence-corrected chi connectivity index (χ0v) is 11.8. The van der Waals surface area contributed by atoms with E-state index in [1.165, 1.54) is 0 Å². The van der Waals surface area contributed by atoms with Gasteiger partial charge in [-0.1, -0.05) is 12.2 Å². The second-order valence-corrected chi connectivity index (χ2v) is 4.88. The van der Waals surface area contributed by atoms with Crippen LogP contribution in [0.5, 0.6) is 0 Å². The van der Waals surface area contributed by atoms with Crippen molar-refractivity contribution in [2.75, 3.05) is 27.3 Å². The van der Waals surface area contributed by atoms with Crippen molar-refractivity contribution in [3.63, 3.8) is 0 Å². The number of nitrogens with zero attached hydrogens (tertiary/aromatic N) is 1. The summed E-state index contributed by atoms with van der Waals surface area (Å²) < 4.78 is 4.95. The fourth-order valence-corrected chi connectivity index (χ4v) is 1.68. The first-order chi connectivity index (χ1) is 7.86. The lowest BCUT2D eigenvalue weighted by molar-refractivity contribution is -0.123. The lowest BCUT2D eigenvalue weighted by atomic mass is 10.2. The van der Waals surface area contributed by atoms with Crippen LogP contribution in [0.2, 0.25) is 0 Å². The lowest BCUT2D eigenvalue weighted by Crippen LogP contribution is -2.44. The first-order valence-corrected chi connectivity index (χ1v) is 6.04. The average Bonchev–Trinajstić information content (AvgIpc) is 2.16. The molecular weight excluding hydrogens is 238 g/mol. The summed E-state index contributed by atoms with van der Waals surface area (Å²) in [5.74, 6) is -0.0214. The molecule has 0 aromatic carbocycles. The summed E-state index contributed by atoms with van der Waals surface area (Å²) in [6, 6.07) is 0.183. The Morgan fingerprint density at radius 2 is 2.12 bits per heavy atom. The van der Waals surface area contributed by atoms with Crippen molar-refractivity contribution in [3.05, 3.63) is 0 Å². The maximum atomic E-state index is 11.7. The highest BCUT2D eigenvalue weighted by molar-refractivity contribution is 7.80. The molecule has 0 aliphatic carbocycles. The van der Waals surface area contributed by atoms with Gasteiger partial charge in [0.1, 0.15) is 0 Å². The molecule has 0 radical (unpaired) electrons. The second kappa shape index (κ2) is 8.38. The molecule has 0 aromatic heterocycles. The minimum atomic E-state index is -0.0214. The van der Waals surface area contributed by atoms with E-state index in [9.17, 15) is 4.79 Å². The number of likely N-dealkylation sites (N-methyl/N-ethyl adjacent to an activating group) is 1. The van der Waals surface area contributed by atoms with Gasteiger partial charge in [0.2, 0.25) is 5.91 Å². The third kappa shape index (κ3) is 8.06. The van der Waals surface area contributed by atoms with Gasteiger partial charge in [-0.25, -0.2) is 0 Å². The number of thiocarbonyl (C=S) groups is 1. The number of rotatable bonds is 8. The van der Waals surface area contributed by atoms with Crippen molar-refractivity contribution in [3.8, 4) is 0 Å². The van der Waals surface area contributed by atoms with Gasteiger partial charge in [0.25, 0.3) is 0 Å². The molecule has 0 aliphatic rings. The van der Waals surface area contributed by atoms with Crippen molar-refractivity contribution >= 4 is 23.1 Å². The van der Waals surface area contributed by atoms with Crippen LogP contribution < -0.4 is 11.1 Å². The summed E-state index contributed by atoms with van der Waals surface area (Å²) in [5.41, 5.74) is 5.47. The highest BCUT2D eigenvalue weighted by Gasteiger charge is 2.15. The average molecular weight is 261 g/mol. The molecule has 0 spiro atoms. The van der Waals surface area contributed by atoms with Gasteiger partial charge in [0.15, 0.2) is 0 Å². The van der Waals surface area contributed by atoms with Gasteiger partial charge in [-0.05, 0) is 20.9 Å². The van der Waals surface area contributed by atoms with Crippen LogP contribution in [-0.2, 0) is 9.53 Å². The Bertz CT molecular complexity index is 261. The van der Waals surface area contributed by atoms with Gasteiger partial charge in [0.05, 0.1) is 18.1 Å². The molecule has 0 saturated carbocycles. The summed E-state index contributed by atoms with van der Waals surface area (Å²) in [7, 11) is 3.49. The summed E-state index contributed by atoms with van der Waals surface area (Å²) in [6.07, 6.45) is 0.618. The minimum Gasteiger partial charge on any atom is -0.393 e. The molecule has 100 valence electrons. The molecule has 2 atom stereocenters. The second-order valence-electron chi connectivity index (χ2n) is 4.36. The first kappa shape index (κ1) is 16.3. The van der Waals surface area contributed by atoms with Crippen molar-refractivity contribution in [2.45, 2.75) is 32.4 Å². The van der Waals surface area contributed by atoms with Crippen LogP contribution in [0.3, 0.4) is 0 Å². The summed E-state index contributed by atoms with van der Waals surface area (Å²) in [4.78, 5) is 14.1. The standard InChI is InChI=1S/C11H23N3O2S/c1-8(7-16-4)13-11(15)6-14(3)9(2)5-10(12)17/h8-9H,5-7H2,1-4H3,(H2,12,17)(H,13,15). The Morgan fingerprint density at radius 3 is 2.59 bits per heavy atom. The van der Waals surface area contributed by atoms with E-state index in [0.717, 1.165) is 0 Å². The normalized spacial score (nSPS) is 14.4. The lowest BCUT2D eigenvalue weighted by Gasteiger charge is -2.24. The Balaban J connectivity index is 3.98. The predicted molar refractivity (Wildman–Crippen MR) is 73.0 cm³/mol. The molecule has 2 unspecified atom stereocenters. The third-order valence-corrected chi connectivity index (χ3v) is 2.63. The summed E-state index contributed by atoms with van der Waals surface area (Å²) >= 11 is 4.84. The van der Waals surface area contributed by atoms with Crippen LogP contribution in [0.15, 0.2) is 0 Å². The maximum absolute atomic E-state index is 11.7. The molecular formula is C11H23N3O2S. The molecule has 3 N–H and O–H groups in total. The minimum absolute atomic E-state index is 0.0202. The summed E-state index contributed by atoms with van der Waals surface area (Å²) in [6.45, 7) is 4.74. The fourth-order valence-electron chi connectivity index (χ4n) is 1.44. The van der Waals surface area contributed by atoms with Crippen molar-refractivity contribution in [1.82, 2.24) is 10.2 Å². The van der Waals surface area contributed by atoms with Crippen molar-refractivity contribution in [2.24, 2.45) is 5.73 Å². The molecule has 0 fully saturated rings. The first-order valence-electron chi connectivity index (χ1n) is 5.63. The quantitative estimate of drug-likeness (QED) is 0.608. The van der Waals surface area contributed by atoms with Gasteiger partial charge >= 0.3 is 0 Å². The SMILES string of the molecule is COCC(C)NC(=O)CN(C)C(C)CC(N)=S. The number of methoxy groups -OCH3 is 1. The Hall–Kier alpha value is -0.720. The zero-order chi connectivity index (χ0) is 13.4. The monoisotopic (exact) mass is 261 g/mol. The van der Waals surface area contributed by atoms with E-state index in [2.05, 4.69) is 5.32 Å². The van der Waals surface area contributed by atoms with E-state index in [4.69, 9.17) is 22.7 Å². The molecule has 5 nitrogen and oxygen atoms in total. The van der Waals surface area contributed by atoms with Crippen LogP contribution in [-0.4, -0.2) is 55.2 Å². The largest absolute Gasteiger partial charge is 0.393 e. The van der Waals surface area contributed by atoms with Gasteiger partial charge in [-0.15, -0.1) is 0 Å². The number of amides is 1. The molecule has 0 saturated heterocycles. The highest BCUT2D eigenvalue weighted by Crippen LogP contribution is 2.00. The van der Waals surface area contributed by atoms with Crippen LogP contribution in [0, 0.1) is 0 Å². The Kier molecular flexibility index (Phi) is 8.03. The molecule has 0 heterocycles. The van der Waals surface area contributed by atoms with E-state index in [0.29, 0.717) is 24.6 Å². The molecule has 17 heavy (non-hydrogen) atoms. The van der Waals surface area contributed by atoms with E-state index >= 15 is 0 Å². The number of carbonyl (C=O) groups is 1. The molecule has 0 aromatic rings. The fraction of sp³-hybridized carbons (Fsp3) is 0.818. The molecule has 0 bridgehead atoms. The van der Waals surface area contributed by atoms with Crippen LogP contribution >= 0.6 is 12.2 Å². The van der Waals surface area contributed by atoms with Crippen LogP contribution in [0.25, 0.3) is 0 Å². The topological polar surface area (TPSA) is 67.6 Å². The Labute approximate surface area is 109 Å². The molecule has 6 heteroatoms. The number of ether oxygens (including phenoxy) is 1. The highest BCUT2D eigenvalue weighted by atomic mass is 32.1. The van der Waals surface area contributed by atoms with E-state index in [1.54, 1.807) is 7.11 Å². The van der Waals surface area contributed by atoms with Crippen molar-refractivity contribution in [1.29, 1.82) is 0 Å². The van der Waals surface area contributed by atoms with Gasteiger partial charge in [-0.3, -0.25) is 9.69 Å². The van der Waals surface area contributed by atoms with Gasteiger partial charge in [0, 0.05) is 25.6 Å². The molecule has 0 aliphatic heterocycles. The number of carbonyl (C=O) groups excluding carboxylic acids is 1. The number of hydrogen-bond acceptors (Lipinski definition) is 4. The Morgan fingerprint density at radius 1 is 1.53 bits per heavy atom. The smallest absolute Gasteiger partial charge is 0.234 e. The number of nitrogens with two attached hydrogens (primary N) is 1. The maximum Gasteiger partial charge on any atom is 0.234 e.